The van der Waals surface area contributed by atoms with E-state index in [1.807, 2.05) is 26.0 Å². The number of pyridine rings is 1. The van der Waals surface area contributed by atoms with Gasteiger partial charge in [-0.2, -0.15) is 5.26 Å². The molecular weight excluding hydrogens is 344 g/mol. The zero-order valence-electron chi connectivity index (χ0n) is 14.9. The molecule has 2 aromatic carbocycles. The average molecular weight is 362 g/mol. The second-order valence-corrected chi connectivity index (χ2v) is 7.01. The van der Waals surface area contributed by atoms with E-state index >= 15 is 0 Å². The molecule has 0 radical (unpaired) electrons. The Morgan fingerprint density at radius 2 is 2.04 bits per heavy atom. The first-order chi connectivity index (χ1) is 12.5. The van der Waals surface area contributed by atoms with Crippen LogP contribution in [0.4, 0.5) is 0 Å². The highest BCUT2D eigenvalue weighted by Gasteiger charge is 2.13. The zero-order valence-corrected chi connectivity index (χ0v) is 15.7. The number of ether oxygens (including phenoxy) is 1. The minimum absolute atomic E-state index is 0.0277. The molecule has 0 atom stereocenters. The van der Waals surface area contributed by atoms with Crippen LogP contribution >= 0.6 is 11.8 Å². The molecule has 0 aliphatic rings. The van der Waals surface area contributed by atoms with E-state index in [9.17, 15) is 10.1 Å². The lowest BCUT2D eigenvalue weighted by atomic mass is 10.1. The van der Waals surface area contributed by atoms with Gasteiger partial charge in [-0.25, -0.2) is 4.98 Å². The van der Waals surface area contributed by atoms with Crippen LogP contribution in [0.3, 0.4) is 0 Å². The van der Waals surface area contributed by atoms with E-state index in [-0.39, 0.29) is 11.5 Å². The lowest BCUT2D eigenvalue weighted by Gasteiger charge is -2.09. The zero-order chi connectivity index (χ0) is 18.7. The minimum atomic E-state index is -0.0277. The van der Waals surface area contributed by atoms with E-state index in [0.717, 1.165) is 22.0 Å². The molecule has 0 N–H and O–H groups in total. The number of rotatable bonds is 5. The minimum Gasteiger partial charge on any atom is -0.497 e. The van der Waals surface area contributed by atoms with E-state index in [1.165, 1.54) is 11.8 Å². The van der Waals surface area contributed by atoms with Crippen molar-refractivity contribution in [3.05, 3.63) is 64.7 Å². The van der Waals surface area contributed by atoms with Gasteiger partial charge >= 0.3 is 0 Å². The van der Waals surface area contributed by atoms with Crippen molar-refractivity contribution < 1.29 is 9.53 Å². The standard InChI is InChI=1S/C21H18N2O2S/c1-13-7-14(2)18-10-16(11-22)21(23-19(18)8-13)26-12-20(24)15-5-4-6-17(9-15)25-3/h4-10H,12H2,1-3H3. The number of thioether (sulfide) groups is 1. The monoisotopic (exact) mass is 362 g/mol. The summed E-state index contributed by atoms with van der Waals surface area (Å²) in [5.74, 6) is 0.832. The van der Waals surface area contributed by atoms with E-state index < -0.39 is 0 Å². The maximum atomic E-state index is 12.5. The van der Waals surface area contributed by atoms with Crippen LogP contribution in [-0.2, 0) is 0 Å². The normalized spacial score (nSPS) is 10.5. The molecule has 1 aromatic heterocycles. The molecule has 0 fully saturated rings. The summed E-state index contributed by atoms with van der Waals surface area (Å²) >= 11 is 1.29. The number of Topliss-reactive ketones (excluding diaryl/α,β-unsaturated/α-hetero) is 1. The number of methoxy groups -OCH3 is 1. The first-order valence-electron chi connectivity index (χ1n) is 8.14. The molecule has 0 spiro atoms. The summed E-state index contributed by atoms with van der Waals surface area (Å²) in [6.45, 7) is 4.03. The molecule has 0 saturated carbocycles. The van der Waals surface area contributed by atoms with E-state index in [0.29, 0.717) is 21.9 Å². The Morgan fingerprint density at radius 3 is 2.77 bits per heavy atom. The van der Waals surface area contributed by atoms with Gasteiger partial charge in [-0.05, 0) is 49.2 Å². The van der Waals surface area contributed by atoms with Crippen LogP contribution in [-0.4, -0.2) is 23.6 Å². The molecule has 3 rings (SSSR count). The molecule has 5 heteroatoms. The van der Waals surface area contributed by atoms with Crippen LogP contribution in [0.2, 0.25) is 0 Å². The Morgan fingerprint density at radius 1 is 1.23 bits per heavy atom. The number of carbonyl (C=O) groups excluding carboxylic acids is 1. The number of nitrogens with zero attached hydrogens (tertiary/aromatic N) is 2. The molecule has 3 aromatic rings. The number of fused-ring (bicyclic) bond motifs is 1. The van der Waals surface area contributed by atoms with Crippen molar-refractivity contribution in [1.82, 2.24) is 4.98 Å². The van der Waals surface area contributed by atoms with Gasteiger partial charge in [0.15, 0.2) is 5.78 Å². The van der Waals surface area contributed by atoms with Crippen LogP contribution in [0, 0.1) is 25.2 Å². The third kappa shape index (κ3) is 3.71. The topological polar surface area (TPSA) is 63.0 Å². The van der Waals surface area contributed by atoms with Crippen molar-refractivity contribution in [2.75, 3.05) is 12.9 Å². The number of aryl methyl sites for hydroxylation is 2. The summed E-state index contributed by atoms with van der Waals surface area (Å²) in [5.41, 5.74) is 4.14. The maximum absolute atomic E-state index is 12.5. The number of hydrogen-bond acceptors (Lipinski definition) is 5. The lowest BCUT2D eigenvalue weighted by molar-refractivity contribution is 0.102. The van der Waals surface area contributed by atoms with Crippen LogP contribution < -0.4 is 4.74 Å². The Balaban J connectivity index is 1.88. The summed E-state index contributed by atoms with van der Waals surface area (Å²) in [4.78, 5) is 17.1. The van der Waals surface area contributed by atoms with Crippen LogP contribution in [0.25, 0.3) is 10.9 Å². The fourth-order valence-corrected chi connectivity index (χ4v) is 3.67. The number of nitriles is 1. The quantitative estimate of drug-likeness (QED) is 0.486. The molecule has 0 aliphatic heterocycles. The fourth-order valence-electron chi connectivity index (χ4n) is 2.82. The maximum Gasteiger partial charge on any atom is 0.173 e. The smallest absolute Gasteiger partial charge is 0.173 e. The molecule has 26 heavy (non-hydrogen) atoms. The van der Waals surface area contributed by atoms with E-state index in [1.54, 1.807) is 31.4 Å². The first kappa shape index (κ1) is 18.0. The highest BCUT2D eigenvalue weighted by molar-refractivity contribution is 8.00. The highest BCUT2D eigenvalue weighted by atomic mass is 32.2. The van der Waals surface area contributed by atoms with E-state index in [2.05, 4.69) is 17.1 Å². The summed E-state index contributed by atoms with van der Waals surface area (Å²) in [7, 11) is 1.57. The predicted octanol–water partition coefficient (Wildman–Crippen LogP) is 4.71. The van der Waals surface area contributed by atoms with Gasteiger partial charge in [-0.3, -0.25) is 4.79 Å². The molecule has 0 bridgehead atoms. The van der Waals surface area contributed by atoms with Crippen LogP contribution in [0.5, 0.6) is 5.75 Å². The number of benzene rings is 2. The van der Waals surface area contributed by atoms with Gasteiger partial charge in [-0.15, -0.1) is 0 Å². The summed E-state index contributed by atoms with van der Waals surface area (Å²) in [6, 6.07) is 15.2. The van der Waals surface area contributed by atoms with Crippen LogP contribution in [0.15, 0.2) is 47.5 Å². The van der Waals surface area contributed by atoms with Crippen molar-refractivity contribution in [2.45, 2.75) is 18.9 Å². The Hall–Kier alpha value is -2.84. The number of aromatic nitrogens is 1. The first-order valence-corrected chi connectivity index (χ1v) is 9.12. The third-order valence-electron chi connectivity index (χ3n) is 4.10. The number of carbonyl (C=O) groups is 1. The molecule has 4 nitrogen and oxygen atoms in total. The van der Waals surface area contributed by atoms with Crippen molar-refractivity contribution in [2.24, 2.45) is 0 Å². The van der Waals surface area contributed by atoms with Gasteiger partial charge in [0.25, 0.3) is 0 Å². The number of hydrogen-bond donors (Lipinski definition) is 0. The van der Waals surface area contributed by atoms with Gasteiger partial charge in [0, 0.05) is 10.9 Å². The molecule has 0 aliphatic carbocycles. The second kappa shape index (κ2) is 7.59. The predicted molar refractivity (Wildman–Crippen MR) is 104 cm³/mol. The second-order valence-electron chi connectivity index (χ2n) is 6.05. The van der Waals surface area contributed by atoms with Crippen LogP contribution in [0.1, 0.15) is 27.0 Å². The Kier molecular flexibility index (Phi) is 5.24. The molecule has 1 heterocycles. The van der Waals surface area contributed by atoms with Gasteiger partial charge in [0.2, 0.25) is 0 Å². The summed E-state index contributed by atoms with van der Waals surface area (Å²) in [5, 5.41) is 11.0. The largest absolute Gasteiger partial charge is 0.497 e. The van der Waals surface area contributed by atoms with Crippen molar-refractivity contribution in [3.63, 3.8) is 0 Å². The molecule has 0 saturated heterocycles. The number of ketones is 1. The van der Waals surface area contributed by atoms with Gasteiger partial charge in [0.1, 0.15) is 16.8 Å². The fraction of sp³-hybridized carbons (Fsp3) is 0.190. The average Bonchev–Trinajstić information content (AvgIpc) is 2.65. The van der Waals surface area contributed by atoms with Gasteiger partial charge < -0.3 is 4.74 Å². The highest BCUT2D eigenvalue weighted by Crippen LogP contribution is 2.28. The molecule has 130 valence electrons. The molecule has 0 unspecified atom stereocenters. The van der Waals surface area contributed by atoms with Crippen molar-refractivity contribution in [3.8, 4) is 11.8 Å². The third-order valence-corrected chi connectivity index (χ3v) is 5.09. The Bertz CT molecular complexity index is 1040. The molecule has 0 amide bonds. The van der Waals surface area contributed by atoms with Crippen molar-refractivity contribution >= 4 is 28.4 Å². The lowest BCUT2D eigenvalue weighted by Crippen LogP contribution is -2.03. The SMILES string of the molecule is COc1cccc(C(=O)CSc2nc3cc(C)cc(C)c3cc2C#N)c1. The summed E-state index contributed by atoms with van der Waals surface area (Å²) in [6.07, 6.45) is 0. The van der Waals surface area contributed by atoms with Gasteiger partial charge in [0.05, 0.1) is 23.9 Å². The summed E-state index contributed by atoms with van der Waals surface area (Å²) < 4.78 is 5.16. The van der Waals surface area contributed by atoms with E-state index in [4.69, 9.17) is 4.74 Å². The van der Waals surface area contributed by atoms with Crippen molar-refractivity contribution in [1.29, 1.82) is 5.26 Å². The Labute approximate surface area is 156 Å². The molecular formula is C21H18N2O2S. The van der Waals surface area contributed by atoms with Gasteiger partial charge in [-0.1, -0.05) is 30.0 Å².